The zero-order chi connectivity index (χ0) is 14.8. The van der Waals surface area contributed by atoms with Crippen molar-refractivity contribution in [1.82, 2.24) is 9.97 Å². The first-order chi connectivity index (χ1) is 10.3. The van der Waals surface area contributed by atoms with Gasteiger partial charge >= 0.3 is 0 Å². The summed E-state index contributed by atoms with van der Waals surface area (Å²) in [4.78, 5) is 7.91. The van der Waals surface area contributed by atoms with Crippen LogP contribution in [0.25, 0.3) is 22.4 Å². The minimum atomic E-state index is 0.540. The lowest BCUT2D eigenvalue weighted by Crippen LogP contribution is -1.95. The second kappa shape index (κ2) is 5.36. The van der Waals surface area contributed by atoms with Gasteiger partial charge in [-0.15, -0.1) is 0 Å². The van der Waals surface area contributed by atoms with Gasteiger partial charge in [-0.05, 0) is 0 Å². The van der Waals surface area contributed by atoms with Crippen molar-refractivity contribution in [2.45, 2.75) is 0 Å². The molecule has 0 spiro atoms. The number of nitrogens with one attached hydrogen (secondary N) is 1. The highest BCUT2D eigenvalue weighted by atomic mass is 16.5. The molecule has 5 heteroatoms. The molecule has 0 amide bonds. The van der Waals surface area contributed by atoms with Crippen molar-refractivity contribution in [3.05, 3.63) is 36.4 Å². The van der Waals surface area contributed by atoms with Crippen molar-refractivity contribution in [2.24, 2.45) is 0 Å². The molecule has 21 heavy (non-hydrogen) atoms. The molecule has 108 valence electrons. The molecule has 0 radical (unpaired) electrons. The van der Waals surface area contributed by atoms with E-state index in [1.807, 2.05) is 36.4 Å². The van der Waals surface area contributed by atoms with Crippen LogP contribution >= 0.6 is 0 Å². The highest BCUT2D eigenvalue weighted by molar-refractivity contribution is 5.89. The molecule has 1 N–H and O–H groups in total. The Bertz CT molecular complexity index is 766. The van der Waals surface area contributed by atoms with Crippen LogP contribution in [-0.2, 0) is 0 Å². The number of benzene rings is 2. The number of ether oxygens (including phenoxy) is 3. The van der Waals surface area contributed by atoms with Crippen molar-refractivity contribution in [1.29, 1.82) is 0 Å². The Morgan fingerprint density at radius 1 is 0.905 bits per heavy atom. The average molecular weight is 284 g/mol. The van der Waals surface area contributed by atoms with E-state index in [1.54, 1.807) is 21.3 Å². The van der Waals surface area contributed by atoms with Gasteiger partial charge in [-0.2, -0.15) is 0 Å². The van der Waals surface area contributed by atoms with E-state index in [1.165, 1.54) is 0 Å². The van der Waals surface area contributed by atoms with Gasteiger partial charge in [0.15, 0.2) is 11.5 Å². The van der Waals surface area contributed by atoms with Crippen molar-refractivity contribution in [3.63, 3.8) is 0 Å². The number of nitrogens with zero attached hydrogens (tertiary/aromatic N) is 1. The van der Waals surface area contributed by atoms with Crippen LogP contribution in [0.4, 0.5) is 0 Å². The van der Waals surface area contributed by atoms with Crippen molar-refractivity contribution in [2.75, 3.05) is 21.3 Å². The Hall–Kier alpha value is -2.69. The summed E-state index contributed by atoms with van der Waals surface area (Å²) in [7, 11) is 4.77. The quantitative estimate of drug-likeness (QED) is 0.799. The van der Waals surface area contributed by atoms with Gasteiger partial charge in [0.05, 0.1) is 26.8 Å². The fourth-order valence-corrected chi connectivity index (χ4v) is 2.35. The van der Waals surface area contributed by atoms with Crippen molar-refractivity contribution in [3.8, 4) is 28.6 Å². The normalized spacial score (nSPS) is 10.6. The molecule has 2 aromatic carbocycles. The fourth-order valence-electron chi connectivity index (χ4n) is 2.35. The van der Waals surface area contributed by atoms with E-state index in [-0.39, 0.29) is 0 Å². The molecular weight excluding hydrogens is 268 g/mol. The average Bonchev–Trinajstić information content (AvgIpc) is 2.97. The predicted octanol–water partition coefficient (Wildman–Crippen LogP) is 3.26. The van der Waals surface area contributed by atoms with Gasteiger partial charge in [-0.3, -0.25) is 0 Å². The maximum absolute atomic E-state index is 5.45. The lowest BCUT2D eigenvalue weighted by Gasteiger charge is -2.11. The summed E-state index contributed by atoms with van der Waals surface area (Å²) >= 11 is 0. The first kappa shape index (κ1) is 13.3. The van der Waals surface area contributed by atoms with Crippen LogP contribution in [0, 0.1) is 0 Å². The van der Waals surface area contributed by atoms with E-state index in [2.05, 4.69) is 9.97 Å². The van der Waals surface area contributed by atoms with E-state index >= 15 is 0 Å². The van der Waals surface area contributed by atoms with Gasteiger partial charge in [0, 0.05) is 11.6 Å². The molecule has 0 unspecified atom stereocenters. The van der Waals surface area contributed by atoms with E-state index in [9.17, 15) is 0 Å². The van der Waals surface area contributed by atoms with E-state index in [0.717, 1.165) is 16.9 Å². The van der Waals surface area contributed by atoms with Gasteiger partial charge < -0.3 is 19.2 Å². The number of H-pyrrole nitrogens is 1. The summed E-state index contributed by atoms with van der Waals surface area (Å²) in [6, 6.07) is 11.8. The van der Waals surface area contributed by atoms with Gasteiger partial charge in [0.25, 0.3) is 0 Å². The third kappa shape index (κ3) is 2.16. The first-order valence-electron chi connectivity index (χ1n) is 6.52. The Balaban J connectivity index is 2.26. The molecular formula is C16H16N2O3. The summed E-state index contributed by atoms with van der Waals surface area (Å²) in [6.07, 6.45) is 0. The van der Waals surface area contributed by atoms with Crippen LogP contribution < -0.4 is 14.2 Å². The summed E-state index contributed by atoms with van der Waals surface area (Å²) in [5.41, 5.74) is 2.56. The maximum atomic E-state index is 5.45. The number of aromatic nitrogens is 2. The van der Waals surface area contributed by atoms with E-state index < -0.39 is 0 Å². The minimum Gasteiger partial charge on any atom is -0.493 e. The van der Waals surface area contributed by atoms with Crippen LogP contribution in [-0.4, -0.2) is 31.3 Å². The fraction of sp³-hybridized carbons (Fsp3) is 0.188. The zero-order valence-electron chi connectivity index (χ0n) is 12.1. The zero-order valence-corrected chi connectivity index (χ0v) is 12.1. The Kier molecular flexibility index (Phi) is 3.39. The molecule has 0 aliphatic heterocycles. The largest absolute Gasteiger partial charge is 0.493 e. The number of aromatic amines is 1. The third-order valence-corrected chi connectivity index (χ3v) is 3.33. The van der Waals surface area contributed by atoms with Crippen LogP contribution in [0.3, 0.4) is 0 Å². The first-order valence-corrected chi connectivity index (χ1v) is 6.52. The summed E-state index contributed by atoms with van der Waals surface area (Å²) in [5.74, 6) is 2.48. The predicted molar refractivity (Wildman–Crippen MR) is 81.2 cm³/mol. The lowest BCUT2D eigenvalue weighted by atomic mass is 10.2. The molecule has 0 aliphatic rings. The van der Waals surface area contributed by atoms with Gasteiger partial charge in [0.2, 0.25) is 5.75 Å². The number of rotatable bonds is 4. The van der Waals surface area contributed by atoms with Crippen molar-refractivity contribution >= 4 is 11.0 Å². The summed E-state index contributed by atoms with van der Waals surface area (Å²) < 4.78 is 16.2. The molecule has 3 rings (SSSR count). The molecule has 0 aliphatic carbocycles. The van der Waals surface area contributed by atoms with Crippen LogP contribution in [0.1, 0.15) is 0 Å². The Labute approximate surface area is 122 Å². The molecule has 0 bridgehead atoms. The molecule has 1 heterocycles. The summed E-state index contributed by atoms with van der Waals surface area (Å²) in [5, 5.41) is 0. The second-order valence-electron chi connectivity index (χ2n) is 4.49. The Morgan fingerprint density at radius 3 is 2.24 bits per heavy atom. The lowest BCUT2D eigenvalue weighted by molar-refractivity contribution is 0.327. The number of hydrogen-bond donors (Lipinski definition) is 1. The molecule has 0 fully saturated rings. The number of hydrogen-bond acceptors (Lipinski definition) is 4. The van der Waals surface area contributed by atoms with Gasteiger partial charge in [-0.1, -0.05) is 30.3 Å². The number of methoxy groups -OCH3 is 3. The molecule has 0 saturated carbocycles. The standard InChI is InChI=1S/C16H16N2O3/c1-19-12-9-11-13(15(21-3)14(12)20-2)18-16(17-11)10-7-5-4-6-8-10/h4-9H,1-3H3,(H,17,18). The number of imidazole rings is 1. The minimum absolute atomic E-state index is 0.540. The smallest absolute Gasteiger partial charge is 0.205 e. The number of fused-ring (bicyclic) bond motifs is 1. The van der Waals surface area contributed by atoms with Crippen molar-refractivity contribution < 1.29 is 14.2 Å². The third-order valence-electron chi connectivity index (χ3n) is 3.33. The topological polar surface area (TPSA) is 56.4 Å². The SMILES string of the molecule is COc1cc2[nH]c(-c3ccccc3)nc2c(OC)c1OC. The highest BCUT2D eigenvalue weighted by Gasteiger charge is 2.19. The van der Waals surface area contributed by atoms with Crippen LogP contribution in [0.15, 0.2) is 36.4 Å². The monoisotopic (exact) mass is 284 g/mol. The highest BCUT2D eigenvalue weighted by Crippen LogP contribution is 2.42. The summed E-state index contributed by atoms with van der Waals surface area (Å²) in [6.45, 7) is 0. The molecule has 1 aromatic heterocycles. The molecule has 0 atom stereocenters. The van der Waals surface area contributed by atoms with Gasteiger partial charge in [-0.25, -0.2) is 4.98 Å². The second-order valence-corrected chi connectivity index (χ2v) is 4.49. The Morgan fingerprint density at radius 2 is 1.62 bits per heavy atom. The molecule has 0 saturated heterocycles. The molecule has 5 nitrogen and oxygen atoms in total. The van der Waals surface area contributed by atoms with Crippen LogP contribution in [0.5, 0.6) is 17.2 Å². The maximum Gasteiger partial charge on any atom is 0.205 e. The van der Waals surface area contributed by atoms with E-state index in [0.29, 0.717) is 22.8 Å². The van der Waals surface area contributed by atoms with Gasteiger partial charge in [0.1, 0.15) is 11.3 Å². The molecule has 3 aromatic rings. The van der Waals surface area contributed by atoms with E-state index in [4.69, 9.17) is 14.2 Å². The van der Waals surface area contributed by atoms with Crippen LogP contribution in [0.2, 0.25) is 0 Å².